The first kappa shape index (κ1) is 26.3. The predicted molar refractivity (Wildman–Crippen MR) is 137 cm³/mol. The number of benzene rings is 2. The van der Waals surface area contributed by atoms with Crippen molar-refractivity contribution in [2.75, 3.05) is 19.4 Å². The number of nitrogens with one attached hydrogen (secondary N) is 2. The fourth-order valence-electron chi connectivity index (χ4n) is 3.19. The highest BCUT2D eigenvalue weighted by Crippen LogP contribution is 2.48. The van der Waals surface area contributed by atoms with Gasteiger partial charge in [0.15, 0.2) is 0 Å². The normalized spacial score (nSPS) is 17.8. The first-order valence-electron chi connectivity index (χ1n) is 11.1. The summed E-state index contributed by atoms with van der Waals surface area (Å²) in [6, 6.07) is 12.3. The van der Waals surface area contributed by atoms with E-state index in [2.05, 4.69) is 10.0 Å². The molecule has 2 aromatic carbocycles. The molecule has 7 heteroatoms. The molecular weight excluding hydrogens is 437 g/mol. The number of phenols is 1. The third kappa shape index (κ3) is 7.56. The predicted octanol–water partition coefficient (Wildman–Crippen LogP) is 5.95. The van der Waals surface area contributed by atoms with Gasteiger partial charge in [0.25, 0.3) is 0 Å². The van der Waals surface area contributed by atoms with Crippen LogP contribution in [0.2, 0.25) is 0 Å². The lowest BCUT2D eigenvalue weighted by Crippen LogP contribution is -2.24. The van der Waals surface area contributed by atoms with Crippen molar-refractivity contribution < 1.29 is 14.3 Å². The van der Waals surface area contributed by atoms with Crippen LogP contribution in [0.4, 0.5) is 10.1 Å². The number of carbonyl (C=O) groups excluding carboxylic acids is 1. The molecule has 0 bridgehead atoms. The van der Waals surface area contributed by atoms with Crippen molar-refractivity contribution in [1.29, 1.82) is 0 Å². The van der Waals surface area contributed by atoms with Crippen molar-refractivity contribution in [3.05, 3.63) is 82.6 Å². The van der Waals surface area contributed by atoms with E-state index < -0.39 is 0 Å². The van der Waals surface area contributed by atoms with Crippen LogP contribution in [-0.4, -0.2) is 35.6 Å². The van der Waals surface area contributed by atoms with Crippen molar-refractivity contribution in [2.24, 2.45) is 0 Å². The minimum Gasteiger partial charge on any atom is -0.508 e. The number of nitrogens with zero attached hydrogens (tertiary/aromatic N) is 1. The van der Waals surface area contributed by atoms with Gasteiger partial charge in [-0.1, -0.05) is 32.0 Å². The van der Waals surface area contributed by atoms with E-state index in [1.54, 1.807) is 43.1 Å². The maximum atomic E-state index is 14.4. The SMILES string of the molecule is C/C(C=O)=C/C(NSC1CC1c1ccc(O)cc1)=C(/Nc1ccc(C)cc1F)N(C)C.CC. The van der Waals surface area contributed by atoms with Gasteiger partial charge in [-0.2, -0.15) is 0 Å². The molecule has 3 N–H and O–H groups in total. The van der Waals surface area contributed by atoms with Crippen LogP contribution in [0.15, 0.2) is 65.6 Å². The highest BCUT2D eigenvalue weighted by molar-refractivity contribution is 7.98. The molecule has 33 heavy (non-hydrogen) atoms. The summed E-state index contributed by atoms with van der Waals surface area (Å²) in [5, 5.41) is 13.0. The monoisotopic (exact) mass is 471 g/mol. The molecule has 2 unspecified atom stereocenters. The van der Waals surface area contributed by atoms with Crippen molar-refractivity contribution in [3.63, 3.8) is 0 Å². The number of halogens is 1. The van der Waals surface area contributed by atoms with E-state index in [-0.39, 0.29) is 11.6 Å². The summed E-state index contributed by atoms with van der Waals surface area (Å²) in [5.74, 6) is 0.979. The van der Waals surface area contributed by atoms with Gasteiger partial charge in [0.2, 0.25) is 0 Å². The van der Waals surface area contributed by atoms with Crippen molar-refractivity contribution in [1.82, 2.24) is 9.62 Å². The number of aromatic hydroxyl groups is 1. The zero-order valence-electron chi connectivity index (χ0n) is 20.1. The Morgan fingerprint density at radius 1 is 1.18 bits per heavy atom. The van der Waals surface area contributed by atoms with Crippen LogP contribution in [0.1, 0.15) is 44.2 Å². The minimum absolute atomic E-state index is 0.261. The van der Waals surface area contributed by atoms with E-state index in [4.69, 9.17) is 0 Å². The van der Waals surface area contributed by atoms with Crippen LogP contribution in [0.5, 0.6) is 5.75 Å². The van der Waals surface area contributed by atoms with E-state index in [1.165, 1.54) is 11.6 Å². The third-order valence-electron chi connectivity index (χ3n) is 5.01. The summed E-state index contributed by atoms with van der Waals surface area (Å²) in [6.45, 7) is 7.57. The summed E-state index contributed by atoms with van der Waals surface area (Å²) in [7, 11) is 3.72. The highest BCUT2D eigenvalue weighted by atomic mass is 32.2. The molecule has 2 aromatic rings. The van der Waals surface area contributed by atoms with Gasteiger partial charge < -0.3 is 20.0 Å². The van der Waals surface area contributed by atoms with Gasteiger partial charge >= 0.3 is 0 Å². The number of aryl methyl sites for hydroxylation is 1. The Bertz CT molecular complexity index is 1000. The van der Waals surface area contributed by atoms with E-state index in [0.717, 1.165) is 18.3 Å². The molecule has 0 heterocycles. The Hall–Kier alpha value is -2.93. The molecule has 0 aliphatic heterocycles. The van der Waals surface area contributed by atoms with E-state index in [0.29, 0.717) is 33.9 Å². The quantitative estimate of drug-likeness (QED) is 0.182. The summed E-state index contributed by atoms with van der Waals surface area (Å²) in [4.78, 5) is 13.1. The van der Waals surface area contributed by atoms with Crippen molar-refractivity contribution >= 4 is 23.9 Å². The number of allylic oxidation sites excluding steroid dienone is 2. The molecule has 5 nitrogen and oxygen atoms in total. The van der Waals surface area contributed by atoms with E-state index in [9.17, 15) is 14.3 Å². The first-order valence-corrected chi connectivity index (χ1v) is 11.9. The van der Waals surface area contributed by atoms with Crippen LogP contribution in [0.25, 0.3) is 0 Å². The van der Waals surface area contributed by atoms with Crippen LogP contribution in [0.3, 0.4) is 0 Å². The second-order valence-corrected chi connectivity index (χ2v) is 9.01. The van der Waals surface area contributed by atoms with Crippen molar-refractivity contribution in [3.8, 4) is 5.75 Å². The van der Waals surface area contributed by atoms with Gasteiger partial charge in [-0.05, 0) is 85.2 Å². The van der Waals surface area contributed by atoms with Crippen LogP contribution < -0.4 is 10.0 Å². The average Bonchev–Trinajstić information content (AvgIpc) is 3.57. The maximum absolute atomic E-state index is 14.4. The average molecular weight is 472 g/mol. The molecule has 0 spiro atoms. The number of carbonyl (C=O) groups is 1. The topological polar surface area (TPSA) is 64.6 Å². The lowest BCUT2D eigenvalue weighted by atomic mass is 10.1. The van der Waals surface area contributed by atoms with Gasteiger partial charge in [0, 0.05) is 19.3 Å². The number of hydrogen-bond donors (Lipinski definition) is 3. The molecule has 1 aliphatic rings. The zero-order chi connectivity index (χ0) is 24.5. The Morgan fingerprint density at radius 2 is 1.85 bits per heavy atom. The fraction of sp³-hybridized carbons (Fsp3) is 0.346. The molecule has 178 valence electrons. The Balaban J connectivity index is 0.00000187. The van der Waals surface area contributed by atoms with E-state index in [1.807, 2.05) is 58.0 Å². The number of phenolic OH excluding ortho intramolecular Hbond substituents is 1. The summed E-state index contributed by atoms with van der Waals surface area (Å²) < 4.78 is 17.8. The molecule has 1 aliphatic carbocycles. The van der Waals surface area contributed by atoms with Gasteiger partial charge in [-0.3, -0.25) is 4.79 Å². The molecule has 0 saturated heterocycles. The smallest absolute Gasteiger partial charge is 0.146 e. The largest absolute Gasteiger partial charge is 0.508 e. The molecule has 1 saturated carbocycles. The first-order chi connectivity index (χ1) is 15.8. The van der Waals surface area contributed by atoms with Crippen LogP contribution in [0, 0.1) is 12.7 Å². The molecule has 3 rings (SSSR count). The van der Waals surface area contributed by atoms with Crippen LogP contribution in [-0.2, 0) is 4.79 Å². The standard InChI is InChI=1S/C24H28FN3O2S.C2H6/c1-15-5-10-21(20(25)11-15)26-24(28(3)4)22(12-16(2)14-29)27-31-23-13-19(23)17-6-8-18(30)9-7-17;1-2/h5-12,14,19,23,26-27,30H,13H2,1-4H3;1-2H3/b16-12-,24-22+;. The second kappa shape index (κ2) is 12.3. The molecule has 2 atom stereocenters. The number of anilines is 1. The summed E-state index contributed by atoms with van der Waals surface area (Å²) >= 11 is 1.58. The maximum Gasteiger partial charge on any atom is 0.146 e. The zero-order valence-corrected chi connectivity index (χ0v) is 21.0. The second-order valence-electron chi connectivity index (χ2n) is 7.96. The molecule has 0 radical (unpaired) electrons. The third-order valence-corrected chi connectivity index (χ3v) is 6.17. The molecule has 0 aromatic heterocycles. The number of rotatable bonds is 9. The van der Waals surface area contributed by atoms with Crippen molar-refractivity contribution in [2.45, 2.75) is 45.3 Å². The Kier molecular flexibility index (Phi) is 9.85. The highest BCUT2D eigenvalue weighted by Gasteiger charge is 2.39. The number of aldehydes is 1. The van der Waals surface area contributed by atoms with Gasteiger partial charge in [0.05, 0.1) is 11.4 Å². The Morgan fingerprint density at radius 3 is 2.42 bits per heavy atom. The number of hydrogen-bond acceptors (Lipinski definition) is 6. The summed E-state index contributed by atoms with van der Waals surface area (Å²) in [6.07, 6.45) is 3.57. The lowest BCUT2D eigenvalue weighted by Gasteiger charge is -2.23. The molecule has 0 amide bonds. The molecular formula is C26H34FN3O2S. The van der Waals surface area contributed by atoms with Gasteiger partial charge in [0.1, 0.15) is 23.7 Å². The van der Waals surface area contributed by atoms with Gasteiger partial charge in [-0.15, -0.1) is 0 Å². The fourth-order valence-corrected chi connectivity index (χ4v) is 4.25. The Labute approximate surface area is 200 Å². The summed E-state index contributed by atoms with van der Waals surface area (Å²) in [5.41, 5.74) is 3.65. The van der Waals surface area contributed by atoms with Gasteiger partial charge in [-0.25, -0.2) is 4.39 Å². The van der Waals surface area contributed by atoms with Crippen LogP contribution >= 0.6 is 11.9 Å². The minimum atomic E-state index is -0.336. The lowest BCUT2D eigenvalue weighted by molar-refractivity contribution is -0.104. The molecule has 1 fully saturated rings. The van der Waals surface area contributed by atoms with E-state index >= 15 is 0 Å².